The molecule has 128 valence electrons. The van der Waals surface area contributed by atoms with Crippen molar-refractivity contribution in [3.05, 3.63) is 65.7 Å². The van der Waals surface area contributed by atoms with Gasteiger partial charge in [0, 0.05) is 6.04 Å². The monoisotopic (exact) mass is 328 g/mol. The van der Waals surface area contributed by atoms with Crippen LogP contribution in [0.1, 0.15) is 24.5 Å². The van der Waals surface area contributed by atoms with E-state index in [2.05, 4.69) is 10.8 Å². The molecule has 2 aromatic rings. The number of methoxy groups -OCH3 is 1. The van der Waals surface area contributed by atoms with Gasteiger partial charge in [-0.15, -0.1) is 0 Å². The SMILES string of the molecule is COc1ccc(CCC(C)NC(=O)NOCc2ccccc2)cc1. The standard InChI is InChI=1S/C19H24N2O3/c1-15(8-9-16-10-12-18(23-2)13-11-16)20-19(22)21-24-14-17-6-4-3-5-7-17/h3-7,10-13,15H,8-9,14H2,1-2H3,(H2,20,21,22). The Bertz CT molecular complexity index is 614. The van der Waals surface area contributed by atoms with Gasteiger partial charge >= 0.3 is 6.03 Å². The van der Waals surface area contributed by atoms with E-state index in [0.29, 0.717) is 6.61 Å². The second kappa shape index (κ2) is 9.57. The molecule has 0 heterocycles. The zero-order valence-electron chi connectivity index (χ0n) is 14.1. The van der Waals surface area contributed by atoms with E-state index in [0.717, 1.165) is 24.2 Å². The third-order valence-corrected chi connectivity index (χ3v) is 3.65. The fourth-order valence-corrected chi connectivity index (χ4v) is 2.26. The van der Waals surface area contributed by atoms with Gasteiger partial charge in [0.1, 0.15) is 5.75 Å². The smallest absolute Gasteiger partial charge is 0.338 e. The molecule has 0 aliphatic carbocycles. The Hall–Kier alpha value is -2.53. The van der Waals surface area contributed by atoms with Gasteiger partial charge in [-0.3, -0.25) is 4.84 Å². The first-order chi connectivity index (χ1) is 11.7. The highest BCUT2D eigenvalue weighted by Gasteiger charge is 2.07. The lowest BCUT2D eigenvalue weighted by molar-refractivity contribution is 0.0482. The van der Waals surface area contributed by atoms with Gasteiger partial charge in [0.25, 0.3) is 0 Å². The Labute approximate surface area is 142 Å². The summed E-state index contributed by atoms with van der Waals surface area (Å²) >= 11 is 0. The first kappa shape index (κ1) is 17.8. The van der Waals surface area contributed by atoms with E-state index in [-0.39, 0.29) is 12.1 Å². The Kier molecular flexibility index (Phi) is 7.11. The number of carbonyl (C=O) groups excluding carboxylic acids is 1. The number of hydrogen-bond donors (Lipinski definition) is 2. The van der Waals surface area contributed by atoms with E-state index in [9.17, 15) is 4.79 Å². The van der Waals surface area contributed by atoms with Crippen molar-refractivity contribution >= 4 is 6.03 Å². The summed E-state index contributed by atoms with van der Waals surface area (Å²) in [6.07, 6.45) is 1.73. The maximum Gasteiger partial charge on any atom is 0.338 e. The van der Waals surface area contributed by atoms with Crippen LogP contribution >= 0.6 is 0 Å². The Morgan fingerprint density at radius 2 is 1.75 bits per heavy atom. The number of benzene rings is 2. The molecule has 24 heavy (non-hydrogen) atoms. The third kappa shape index (κ3) is 6.30. The molecule has 0 spiro atoms. The second-order valence-corrected chi connectivity index (χ2v) is 5.64. The molecule has 2 amide bonds. The molecule has 0 aliphatic rings. The molecular weight excluding hydrogens is 304 g/mol. The van der Waals surface area contributed by atoms with Crippen LogP contribution in [-0.2, 0) is 17.9 Å². The van der Waals surface area contributed by atoms with Crippen molar-refractivity contribution < 1.29 is 14.4 Å². The lowest BCUT2D eigenvalue weighted by Gasteiger charge is -2.14. The summed E-state index contributed by atoms with van der Waals surface area (Å²) in [5, 5.41) is 2.86. The zero-order chi connectivity index (χ0) is 17.2. The summed E-state index contributed by atoms with van der Waals surface area (Å²) < 4.78 is 5.14. The maximum atomic E-state index is 11.8. The first-order valence-corrected chi connectivity index (χ1v) is 8.02. The van der Waals surface area contributed by atoms with Gasteiger partial charge in [-0.25, -0.2) is 10.3 Å². The number of hydrogen-bond acceptors (Lipinski definition) is 3. The molecule has 2 rings (SSSR count). The highest BCUT2D eigenvalue weighted by molar-refractivity contribution is 5.72. The average Bonchev–Trinajstić information content (AvgIpc) is 2.61. The number of carbonyl (C=O) groups is 1. The molecule has 1 unspecified atom stereocenters. The summed E-state index contributed by atoms with van der Waals surface area (Å²) in [4.78, 5) is 17.0. The molecule has 0 aromatic heterocycles. The summed E-state index contributed by atoms with van der Waals surface area (Å²) in [5.41, 5.74) is 4.63. The maximum absolute atomic E-state index is 11.8. The number of hydroxylamine groups is 1. The fraction of sp³-hybridized carbons (Fsp3) is 0.316. The molecule has 1 atom stereocenters. The summed E-state index contributed by atoms with van der Waals surface area (Å²) in [6.45, 7) is 2.31. The number of nitrogens with one attached hydrogen (secondary N) is 2. The van der Waals surface area contributed by atoms with Gasteiger partial charge in [-0.05, 0) is 43.0 Å². The van der Waals surface area contributed by atoms with Crippen LogP contribution in [0.3, 0.4) is 0 Å². The lowest BCUT2D eigenvalue weighted by Crippen LogP contribution is -2.40. The summed E-state index contributed by atoms with van der Waals surface area (Å²) in [5.74, 6) is 0.847. The molecule has 2 aromatic carbocycles. The van der Waals surface area contributed by atoms with E-state index in [4.69, 9.17) is 9.57 Å². The highest BCUT2D eigenvalue weighted by atomic mass is 16.7. The third-order valence-electron chi connectivity index (χ3n) is 3.65. The minimum Gasteiger partial charge on any atom is -0.497 e. The minimum absolute atomic E-state index is 0.0485. The van der Waals surface area contributed by atoms with Crippen LogP contribution in [0.5, 0.6) is 5.75 Å². The molecule has 0 bridgehead atoms. The molecule has 0 radical (unpaired) electrons. The van der Waals surface area contributed by atoms with E-state index in [1.807, 2.05) is 61.5 Å². The fourth-order valence-electron chi connectivity index (χ4n) is 2.26. The topological polar surface area (TPSA) is 59.6 Å². The molecular formula is C19H24N2O3. The van der Waals surface area contributed by atoms with Crippen molar-refractivity contribution in [2.24, 2.45) is 0 Å². The van der Waals surface area contributed by atoms with Crippen molar-refractivity contribution in [2.45, 2.75) is 32.4 Å². The molecule has 5 nitrogen and oxygen atoms in total. The minimum atomic E-state index is -0.326. The van der Waals surface area contributed by atoms with Crippen molar-refractivity contribution in [1.82, 2.24) is 10.8 Å². The number of ether oxygens (including phenoxy) is 1. The van der Waals surface area contributed by atoms with E-state index >= 15 is 0 Å². The second-order valence-electron chi connectivity index (χ2n) is 5.64. The van der Waals surface area contributed by atoms with Crippen molar-refractivity contribution in [1.29, 1.82) is 0 Å². The number of aryl methyl sites for hydroxylation is 1. The Morgan fingerprint density at radius 1 is 1.04 bits per heavy atom. The number of rotatable bonds is 8. The average molecular weight is 328 g/mol. The first-order valence-electron chi connectivity index (χ1n) is 8.02. The lowest BCUT2D eigenvalue weighted by atomic mass is 10.1. The van der Waals surface area contributed by atoms with Crippen LogP contribution in [0.2, 0.25) is 0 Å². The molecule has 2 N–H and O–H groups in total. The van der Waals surface area contributed by atoms with Crippen LogP contribution in [0.25, 0.3) is 0 Å². The molecule has 0 fully saturated rings. The van der Waals surface area contributed by atoms with Crippen LogP contribution in [0.4, 0.5) is 4.79 Å². The van der Waals surface area contributed by atoms with E-state index in [1.165, 1.54) is 5.56 Å². The number of amides is 2. The van der Waals surface area contributed by atoms with E-state index < -0.39 is 0 Å². The van der Waals surface area contributed by atoms with Gasteiger partial charge in [0.15, 0.2) is 0 Å². The summed E-state index contributed by atoms with van der Waals surface area (Å²) in [6, 6.07) is 17.4. The molecule has 0 saturated carbocycles. The largest absolute Gasteiger partial charge is 0.497 e. The van der Waals surface area contributed by atoms with Gasteiger partial charge in [-0.2, -0.15) is 0 Å². The van der Waals surface area contributed by atoms with Crippen LogP contribution in [-0.4, -0.2) is 19.2 Å². The van der Waals surface area contributed by atoms with Crippen LogP contribution in [0.15, 0.2) is 54.6 Å². The van der Waals surface area contributed by atoms with E-state index in [1.54, 1.807) is 7.11 Å². The highest BCUT2D eigenvalue weighted by Crippen LogP contribution is 2.13. The van der Waals surface area contributed by atoms with Gasteiger partial charge < -0.3 is 10.1 Å². The predicted octanol–water partition coefficient (Wildman–Crippen LogP) is 3.45. The van der Waals surface area contributed by atoms with Crippen LogP contribution in [0, 0.1) is 0 Å². The zero-order valence-corrected chi connectivity index (χ0v) is 14.1. The van der Waals surface area contributed by atoms with Gasteiger partial charge in [0.2, 0.25) is 0 Å². The van der Waals surface area contributed by atoms with Gasteiger partial charge in [-0.1, -0.05) is 42.5 Å². The normalized spacial score (nSPS) is 11.6. The van der Waals surface area contributed by atoms with Crippen molar-refractivity contribution in [3.63, 3.8) is 0 Å². The molecule has 0 saturated heterocycles. The van der Waals surface area contributed by atoms with Gasteiger partial charge in [0.05, 0.1) is 13.7 Å². The van der Waals surface area contributed by atoms with Crippen molar-refractivity contribution in [3.8, 4) is 5.75 Å². The molecule has 5 heteroatoms. The Morgan fingerprint density at radius 3 is 2.42 bits per heavy atom. The van der Waals surface area contributed by atoms with Crippen LogP contribution < -0.4 is 15.5 Å². The number of urea groups is 1. The predicted molar refractivity (Wildman–Crippen MR) is 93.7 cm³/mol. The van der Waals surface area contributed by atoms with Crippen molar-refractivity contribution in [2.75, 3.05) is 7.11 Å². The Balaban J connectivity index is 1.63. The summed E-state index contributed by atoms with van der Waals surface area (Å²) in [7, 11) is 1.65. The quantitative estimate of drug-likeness (QED) is 0.730. The molecule has 0 aliphatic heterocycles.